The lowest BCUT2D eigenvalue weighted by Crippen LogP contribution is -2.27. The molecule has 0 aliphatic heterocycles. The van der Waals surface area contributed by atoms with Crippen molar-refractivity contribution in [2.45, 2.75) is 40.4 Å². The van der Waals surface area contributed by atoms with Crippen molar-refractivity contribution in [3.8, 4) is 0 Å². The minimum Gasteiger partial charge on any atom is -0.481 e. The molecule has 1 N–H and O–H groups in total. The molecule has 0 aliphatic carbocycles. The van der Waals surface area contributed by atoms with Gasteiger partial charge >= 0.3 is 18.1 Å². The molecule has 0 aromatic carbocycles. The summed E-state index contributed by atoms with van der Waals surface area (Å²) in [5.74, 6) is -2.84. The van der Waals surface area contributed by atoms with Gasteiger partial charge in [0.25, 0.3) is 0 Å². The summed E-state index contributed by atoms with van der Waals surface area (Å²) in [6.07, 6.45) is -1.84. The summed E-state index contributed by atoms with van der Waals surface area (Å²) in [7, 11) is 0. The predicted octanol–water partition coefficient (Wildman–Crippen LogP) is 1.80. The molecule has 0 aromatic rings. The smallest absolute Gasteiger partial charge is 0.481 e. The molecular weight excluding hydrogens is 256 g/mol. The predicted molar refractivity (Wildman–Crippen MR) is 64.2 cm³/mol. The largest absolute Gasteiger partial charge is 0.511 e. The molecule has 110 valence electrons. The Kier molecular flexibility index (Phi) is 7.55. The van der Waals surface area contributed by atoms with Gasteiger partial charge in [0, 0.05) is 6.92 Å². The van der Waals surface area contributed by atoms with Crippen LogP contribution in [0.4, 0.5) is 4.79 Å². The number of esters is 1. The van der Waals surface area contributed by atoms with Gasteiger partial charge < -0.3 is 19.3 Å². The molecule has 0 saturated heterocycles. The Hall–Kier alpha value is -1.79. The van der Waals surface area contributed by atoms with Gasteiger partial charge in [0.15, 0.2) is 0 Å². The maximum atomic E-state index is 11.6. The highest BCUT2D eigenvalue weighted by molar-refractivity contribution is 5.74. The molecule has 0 rings (SSSR count). The van der Waals surface area contributed by atoms with Crippen LogP contribution in [0.1, 0.15) is 34.1 Å². The third kappa shape index (κ3) is 7.28. The molecule has 0 amide bonds. The number of carboxylic acids is 1. The second-order valence-electron chi connectivity index (χ2n) is 4.18. The van der Waals surface area contributed by atoms with E-state index in [0.29, 0.717) is 0 Å². The summed E-state index contributed by atoms with van der Waals surface area (Å²) in [5.41, 5.74) is 0. The third-order valence-corrected chi connectivity index (χ3v) is 2.34. The SMILES string of the molecule is CCOC(=O)OC(C)OC(=O)[C@H](C)C[C@@H](C)C(=O)O. The molecular formula is C12H20O7. The molecule has 0 fully saturated rings. The van der Waals surface area contributed by atoms with Crippen LogP contribution in [0.15, 0.2) is 0 Å². The molecule has 0 saturated carbocycles. The minimum absolute atomic E-state index is 0.153. The van der Waals surface area contributed by atoms with Crippen LogP contribution in [0.2, 0.25) is 0 Å². The van der Waals surface area contributed by atoms with Crippen LogP contribution >= 0.6 is 0 Å². The molecule has 19 heavy (non-hydrogen) atoms. The third-order valence-electron chi connectivity index (χ3n) is 2.34. The maximum absolute atomic E-state index is 11.6. The summed E-state index contributed by atoms with van der Waals surface area (Å²) < 4.78 is 14.0. The van der Waals surface area contributed by atoms with Gasteiger partial charge in [-0.3, -0.25) is 9.59 Å². The van der Waals surface area contributed by atoms with E-state index >= 15 is 0 Å². The lowest BCUT2D eigenvalue weighted by Gasteiger charge is -2.17. The number of aliphatic carboxylic acids is 1. The summed E-state index contributed by atoms with van der Waals surface area (Å²) in [6.45, 7) is 6.21. The highest BCUT2D eigenvalue weighted by Crippen LogP contribution is 2.14. The average molecular weight is 276 g/mol. The van der Waals surface area contributed by atoms with Gasteiger partial charge in [-0.2, -0.15) is 0 Å². The monoisotopic (exact) mass is 276 g/mol. The molecule has 0 aliphatic rings. The Morgan fingerprint density at radius 3 is 2.11 bits per heavy atom. The molecule has 0 bridgehead atoms. The standard InChI is InChI=1S/C12H20O7/c1-5-17-12(16)19-9(4)18-11(15)8(3)6-7(2)10(13)14/h7-9H,5-6H2,1-4H3,(H,13,14)/t7-,8-,9?/m1/s1. The van der Waals surface area contributed by atoms with Crippen LogP contribution in [0.5, 0.6) is 0 Å². The van der Waals surface area contributed by atoms with Crippen molar-refractivity contribution >= 4 is 18.1 Å². The Morgan fingerprint density at radius 1 is 1.05 bits per heavy atom. The fraction of sp³-hybridized carbons (Fsp3) is 0.750. The number of carbonyl (C=O) groups is 3. The zero-order valence-corrected chi connectivity index (χ0v) is 11.5. The topological polar surface area (TPSA) is 99.1 Å². The Balaban J connectivity index is 4.14. The van der Waals surface area contributed by atoms with Crippen LogP contribution in [0, 0.1) is 11.8 Å². The fourth-order valence-electron chi connectivity index (χ4n) is 1.32. The second-order valence-corrected chi connectivity index (χ2v) is 4.18. The minimum atomic E-state index is -1.07. The van der Waals surface area contributed by atoms with Crippen molar-refractivity contribution in [1.82, 2.24) is 0 Å². The molecule has 0 spiro atoms. The first kappa shape index (κ1) is 17.2. The van der Waals surface area contributed by atoms with E-state index < -0.39 is 36.2 Å². The van der Waals surface area contributed by atoms with Gasteiger partial charge in [-0.25, -0.2) is 4.79 Å². The molecule has 7 heteroatoms. The average Bonchev–Trinajstić information content (AvgIpc) is 2.28. The molecule has 1 unspecified atom stereocenters. The van der Waals surface area contributed by atoms with Gasteiger partial charge in [0.2, 0.25) is 6.29 Å². The summed E-state index contributed by atoms with van der Waals surface area (Å²) in [5, 5.41) is 8.73. The summed E-state index contributed by atoms with van der Waals surface area (Å²) >= 11 is 0. The van der Waals surface area contributed by atoms with E-state index in [2.05, 4.69) is 9.47 Å². The number of carboxylic acid groups (broad SMARTS) is 1. The van der Waals surface area contributed by atoms with Gasteiger partial charge in [0.05, 0.1) is 18.4 Å². The zero-order chi connectivity index (χ0) is 15.0. The number of carbonyl (C=O) groups excluding carboxylic acids is 2. The quantitative estimate of drug-likeness (QED) is 0.559. The molecule has 0 radical (unpaired) electrons. The Labute approximate surface area is 111 Å². The highest BCUT2D eigenvalue weighted by atomic mass is 16.8. The zero-order valence-electron chi connectivity index (χ0n) is 11.5. The van der Waals surface area contributed by atoms with E-state index in [4.69, 9.17) is 9.84 Å². The maximum Gasteiger partial charge on any atom is 0.511 e. The fourth-order valence-corrected chi connectivity index (χ4v) is 1.32. The van der Waals surface area contributed by atoms with Gasteiger partial charge in [-0.1, -0.05) is 13.8 Å². The number of hydrogen-bond donors (Lipinski definition) is 1. The van der Waals surface area contributed by atoms with E-state index in [1.807, 2.05) is 0 Å². The van der Waals surface area contributed by atoms with E-state index in [0.717, 1.165) is 0 Å². The van der Waals surface area contributed by atoms with Gasteiger partial charge in [-0.15, -0.1) is 0 Å². The number of hydrogen-bond acceptors (Lipinski definition) is 6. The molecule has 0 aromatic heterocycles. The van der Waals surface area contributed by atoms with Crippen molar-refractivity contribution in [3.63, 3.8) is 0 Å². The Morgan fingerprint density at radius 2 is 1.63 bits per heavy atom. The first-order valence-electron chi connectivity index (χ1n) is 6.04. The normalized spacial score (nSPS) is 14.9. The number of rotatable bonds is 7. The molecule has 7 nitrogen and oxygen atoms in total. The van der Waals surface area contributed by atoms with E-state index in [1.165, 1.54) is 13.8 Å². The van der Waals surface area contributed by atoms with Crippen molar-refractivity contribution in [2.75, 3.05) is 6.61 Å². The van der Waals surface area contributed by atoms with Crippen molar-refractivity contribution in [2.24, 2.45) is 11.8 Å². The van der Waals surface area contributed by atoms with Crippen molar-refractivity contribution in [1.29, 1.82) is 0 Å². The van der Waals surface area contributed by atoms with Crippen LogP contribution in [0.3, 0.4) is 0 Å². The van der Waals surface area contributed by atoms with Gasteiger partial charge in [-0.05, 0) is 13.3 Å². The van der Waals surface area contributed by atoms with E-state index in [1.54, 1.807) is 13.8 Å². The van der Waals surface area contributed by atoms with Crippen LogP contribution < -0.4 is 0 Å². The van der Waals surface area contributed by atoms with Crippen LogP contribution in [-0.4, -0.2) is 36.1 Å². The van der Waals surface area contributed by atoms with E-state index in [9.17, 15) is 14.4 Å². The van der Waals surface area contributed by atoms with Crippen molar-refractivity contribution in [3.05, 3.63) is 0 Å². The number of ether oxygens (including phenoxy) is 3. The lowest BCUT2D eigenvalue weighted by molar-refractivity contribution is -0.172. The summed E-state index contributed by atoms with van der Waals surface area (Å²) in [6, 6.07) is 0. The lowest BCUT2D eigenvalue weighted by atomic mass is 9.98. The van der Waals surface area contributed by atoms with E-state index in [-0.39, 0.29) is 13.0 Å². The van der Waals surface area contributed by atoms with Crippen molar-refractivity contribution < 1.29 is 33.7 Å². The van der Waals surface area contributed by atoms with Gasteiger partial charge in [0.1, 0.15) is 0 Å². The Bertz CT molecular complexity index is 326. The highest BCUT2D eigenvalue weighted by Gasteiger charge is 2.24. The summed E-state index contributed by atoms with van der Waals surface area (Å²) in [4.78, 5) is 33.2. The van der Waals surface area contributed by atoms with Crippen LogP contribution in [-0.2, 0) is 23.8 Å². The first-order chi connectivity index (χ1) is 8.77. The second kappa shape index (κ2) is 8.34. The van der Waals surface area contributed by atoms with Crippen LogP contribution in [0.25, 0.3) is 0 Å². The first-order valence-corrected chi connectivity index (χ1v) is 6.04. The molecule has 0 heterocycles. The molecule has 3 atom stereocenters.